The van der Waals surface area contributed by atoms with Crippen LogP contribution in [0.15, 0.2) is 24.3 Å². The maximum Gasteiger partial charge on any atom is 0.251 e. The van der Waals surface area contributed by atoms with Crippen LogP contribution < -0.4 is 11.1 Å². The van der Waals surface area contributed by atoms with E-state index < -0.39 is 0 Å². The highest BCUT2D eigenvalue weighted by atomic mass is 16.2. The van der Waals surface area contributed by atoms with Crippen molar-refractivity contribution in [1.82, 2.24) is 10.2 Å². The van der Waals surface area contributed by atoms with Gasteiger partial charge in [0.25, 0.3) is 5.91 Å². The molecule has 0 unspecified atom stereocenters. The number of carbonyl (C=O) groups excluding carboxylic acids is 2. The molecule has 0 atom stereocenters. The van der Waals surface area contributed by atoms with Crippen molar-refractivity contribution in [3.8, 4) is 0 Å². The number of amides is 2. The van der Waals surface area contributed by atoms with Crippen molar-refractivity contribution in [3.63, 3.8) is 0 Å². The molecule has 0 saturated carbocycles. The molecule has 0 aliphatic carbocycles. The van der Waals surface area contributed by atoms with Gasteiger partial charge in [0, 0.05) is 37.3 Å². The molecule has 3 N–H and O–H groups in total. The zero-order chi connectivity index (χ0) is 15.0. The van der Waals surface area contributed by atoms with Crippen LogP contribution in [0.4, 0.5) is 5.69 Å². The molecule has 0 aliphatic rings. The van der Waals surface area contributed by atoms with Gasteiger partial charge < -0.3 is 16.0 Å². The fourth-order valence-corrected chi connectivity index (χ4v) is 1.96. The minimum absolute atomic E-state index is 0.133. The van der Waals surface area contributed by atoms with E-state index in [9.17, 15) is 9.59 Å². The molecule has 0 aromatic heterocycles. The molecule has 0 heterocycles. The minimum Gasteiger partial charge on any atom is -0.399 e. The Balaban J connectivity index is 2.31. The van der Waals surface area contributed by atoms with E-state index in [-0.39, 0.29) is 11.8 Å². The van der Waals surface area contributed by atoms with E-state index in [0.717, 1.165) is 13.1 Å². The maximum absolute atomic E-state index is 11.8. The molecule has 1 aromatic rings. The van der Waals surface area contributed by atoms with Crippen LogP contribution in [0.5, 0.6) is 0 Å². The predicted octanol–water partition coefficient (Wildman–Crippen LogP) is 1.65. The third-order valence-corrected chi connectivity index (χ3v) is 3.12. The average Bonchev–Trinajstić information content (AvgIpc) is 2.44. The van der Waals surface area contributed by atoms with Crippen molar-refractivity contribution in [2.75, 3.05) is 25.4 Å². The molecule has 0 aliphatic heterocycles. The second kappa shape index (κ2) is 8.19. The molecule has 110 valence electrons. The lowest BCUT2D eigenvalue weighted by atomic mass is 10.2. The fraction of sp³-hybridized carbons (Fsp3) is 0.467. The summed E-state index contributed by atoms with van der Waals surface area (Å²) in [6, 6.07) is 6.83. The molecule has 1 aromatic carbocycles. The van der Waals surface area contributed by atoms with E-state index in [4.69, 9.17) is 5.73 Å². The number of carbonyl (C=O) groups is 2. The Morgan fingerprint density at radius 2 is 1.95 bits per heavy atom. The maximum atomic E-state index is 11.8. The number of hydrogen-bond acceptors (Lipinski definition) is 3. The second-order valence-electron chi connectivity index (χ2n) is 4.55. The van der Waals surface area contributed by atoms with Crippen LogP contribution in [-0.2, 0) is 4.79 Å². The van der Waals surface area contributed by atoms with Gasteiger partial charge in [-0.2, -0.15) is 0 Å². The van der Waals surface area contributed by atoms with Crippen LogP contribution in [0.1, 0.15) is 37.0 Å². The first-order valence-electron chi connectivity index (χ1n) is 7.00. The summed E-state index contributed by atoms with van der Waals surface area (Å²) in [6.07, 6.45) is 1.10. The lowest BCUT2D eigenvalue weighted by Crippen LogP contribution is -2.31. The van der Waals surface area contributed by atoms with Crippen LogP contribution in [0.2, 0.25) is 0 Å². The van der Waals surface area contributed by atoms with E-state index in [1.807, 2.05) is 13.8 Å². The Kier molecular flexibility index (Phi) is 6.56. The lowest BCUT2D eigenvalue weighted by molar-refractivity contribution is -0.130. The Morgan fingerprint density at radius 3 is 2.55 bits per heavy atom. The zero-order valence-corrected chi connectivity index (χ0v) is 12.2. The van der Waals surface area contributed by atoms with E-state index in [0.29, 0.717) is 30.6 Å². The monoisotopic (exact) mass is 277 g/mol. The van der Waals surface area contributed by atoms with Gasteiger partial charge in [0.1, 0.15) is 0 Å². The Morgan fingerprint density at radius 1 is 1.25 bits per heavy atom. The van der Waals surface area contributed by atoms with Gasteiger partial charge >= 0.3 is 0 Å². The Hall–Kier alpha value is -2.04. The number of rotatable bonds is 7. The molecule has 0 bridgehead atoms. The van der Waals surface area contributed by atoms with Gasteiger partial charge in [0.05, 0.1) is 0 Å². The highest BCUT2D eigenvalue weighted by Gasteiger charge is 2.09. The van der Waals surface area contributed by atoms with Crippen molar-refractivity contribution in [3.05, 3.63) is 29.8 Å². The summed E-state index contributed by atoms with van der Waals surface area (Å²) in [4.78, 5) is 25.4. The summed E-state index contributed by atoms with van der Waals surface area (Å²) in [7, 11) is 0. The third-order valence-electron chi connectivity index (χ3n) is 3.12. The van der Waals surface area contributed by atoms with Gasteiger partial charge in [-0.3, -0.25) is 9.59 Å². The molecule has 0 saturated heterocycles. The normalized spacial score (nSPS) is 10.1. The van der Waals surface area contributed by atoms with Gasteiger partial charge in [-0.15, -0.1) is 0 Å². The van der Waals surface area contributed by atoms with Crippen LogP contribution in [0, 0.1) is 0 Å². The number of nitrogens with one attached hydrogen (secondary N) is 1. The smallest absolute Gasteiger partial charge is 0.251 e. The van der Waals surface area contributed by atoms with Crippen LogP contribution in [0.25, 0.3) is 0 Å². The fourth-order valence-electron chi connectivity index (χ4n) is 1.96. The largest absolute Gasteiger partial charge is 0.399 e. The van der Waals surface area contributed by atoms with Crippen LogP contribution in [-0.4, -0.2) is 36.3 Å². The van der Waals surface area contributed by atoms with E-state index in [2.05, 4.69) is 5.32 Å². The lowest BCUT2D eigenvalue weighted by Gasteiger charge is -2.18. The van der Waals surface area contributed by atoms with Crippen LogP contribution in [0.3, 0.4) is 0 Å². The van der Waals surface area contributed by atoms with E-state index >= 15 is 0 Å². The summed E-state index contributed by atoms with van der Waals surface area (Å²) >= 11 is 0. The van der Waals surface area contributed by atoms with E-state index in [1.165, 1.54) is 0 Å². The molecule has 0 fully saturated rings. The van der Waals surface area contributed by atoms with Gasteiger partial charge in [0.2, 0.25) is 5.91 Å². The van der Waals surface area contributed by atoms with Crippen LogP contribution >= 0.6 is 0 Å². The van der Waals surface area contributed by atoms with Crippen molar-refractivity contribution < 1.29 is 9.59 Å². The number of nitrogen functional groups attached to an aromatic ring is 1. The predicted molar refractivity (Wildman–Crippen MR) is 80.3 cm³/mol. The Labute approximate surface area is 120 Å². The summed E-state index contributed by atoms with van der Waals surface area (Å²) in [5.41, 5.74) is 6.73. The molecular formula is C15H23N3O2. The Bertz CT molecular complexity index is 456. The van der Waals surface area contributed by atoms with Crippen molar-refractivity contribution in [1.29, 1.82) is 0 Å². The molecule has 5 nitrogen and oxygen atoms in total. The minimum atomic E-state index is -0.160. The first-order valence-corrected chi connectivity index (χ1v) is 7.00. The quantitative estimate of drug-likeness (QED) is 0.588. The first kappa shape index (κ1) is 16.0. The molecule has 5 heteroatoms. The highest BCUT2D eigenvalue weighted by Crippen LogP contribution is 2.06. The third kappa shape index (κ3) is 4.91. The highest BCUT2D eigenvalue weighted by molar-refractivity contribution is 5.94. The van der Waals surface area contributed by atoms with E-state index in [1.54, 1.807) is 29.2 Å². The molecule has 0 spiro atoms. The van der Waals surface area contributed by atoms with Crippen molar-refractivity contribution >= 4 is 17.5 Å². The van der Waals surface area contributed by atoms with Crippen molar-refractivity contribution in [2.24, 2.45) is 0 Å². The molecule has 2 amide bonds. The molecule has 20 heavy (non-hydrogen) atoms. The topological polar surface area (TPSA) is 75.4 Å². The number of hydrogen-bond donors (Lipinski definition) is 2. The summed E-state index contributed by atoms with van der Waals surface area (Å²) in [5.74, 6) is -0.0270. The summed E-state index contributed by atoms with van der Waals surface area (Å²) in [5, 5.41) is 2.79. The number of benzene rings is 1. The van der Waals surface area contributed by atoms with Gasteiger partial charge in [-0.1, -0.05) is 6.07 Å². The molecule has 1 rings (SSSR count). The van der Waals surface area contributed by atoms with Gasteiger partial charge in [-0.25, -0.2) is 0 Å². The number of nitrogens with zero attached hydrogens (tertiary/aromatic N) is 1. The SMILES string of the molecule is CCN(CC)C(=O)CCCNC(=O)c1cccc(N)c1. The first-order chi connectivity index (χ1) is 9.58. The zero-order valence-electron chi connectivity index (χ0n) is 12.2. The molecular weight excluding hydrogens is 254 g/mol. The van der Waals surface area contributed by atoms with Gasteiger partial charge in [0.15, 0.2) is 0 Å². The van der Waals surface area contributed by atoms with Crippen molar-refractivity contribution in [2.45, 2.75) is 26.7 Å². The van der Waals surface area contributed by atoms with Gasteiger partial charge in [-0.05, 0) is 38.5 Å². The summed E-state index contributed by atoms with van der Waals surface area (Å²) < 4.78 is 0. The molecule has 0 radical (unpaired) electrons. The summed E-state index contributed by atoms with van der Waals surface area (Å²) in [6.45, 7) is 5.86. The standard InChI is InChI=1S/C15H23N3O2/c1-3-18(4-2)14(19)9-6-10-17-15(20)12-7-5-8-13(16)11-12/h5,7-8,11H,3-4,6,9-10,16H2,1-2H3,(H,17,20). The average molecular weight is 277 g/mol. The number of nitrogens with two attached hydrogens (primary N) is 1. The number of anilines is 1. The second-order valence-corrected chi connectivity index (χ2v) is 4.55.